The lowest BCUT2D eigenvalue weighted by Gasteiger charge is -2.25. The van der Waals surface area contributed by atoms with Crippen molar-refractivity contribution >= 4 is 0 Å². The van der Waals surface area contributed by atoms with E-state index >= 15 is 0 Å². The standard InChI is InChI=1S/C41H28N4O2/c1-41(2)31-13-7-6-12-29(31)30-23-36-37(24-32(30)41)46-34-20-19-28(22-35(34)47-36)25-15-17-27(18-16-25)39-43-38(26-10-4-3-5-11-26)44-40(45-39)33-14-8-9-21-42-33/h3-24H,1-2H3. The zero-order chi connectivity index (χ0) is 31.5. The Morgan fingerprint density at radius 3 is 1.85 bits per heavy atom. The van der Waals surface area contributed by atoms with Crippen molar-refractivity contribution in [2.75, 3.05) is 0 Å². The summed E-state index contributed by atoms with van der Waals surface area (Å²) in [6.07, 6.45) is 1.74. The molecule has 0 atom stereocenters. The quantitative estimate of drug-likeness (QED) is 0.198. The maximum absolute atomic E-state index is 6.49. The molecule has 7 aromatic rings. The molecule has 0 N–H and O–H groups in total. The Hall–Kier alpha value is -6.14. The van der Waals surface area contributed by atoms with Crippen molar-refractivity contribution in [2.24, 2.45) is 0 Å². The minimum absolute atomic E-state index is 0.106. The van der Waals surface area contributed by atoms with Crippen LogP contribution in [0, 0.1) is 0 Å². The molecule has 0 amide bonds. The van der Waals surface area contributed by atoms with Crippen molar-refractivity contribution in [1.82, 2.24) is 19.9 Å². The fraction of sp³-hybridized carbons (Fsp3) is 0.0732. The van der Waals surface area contributed by atoms with Crippen LogP contribution in [-0.4, -0.2) is 19.9 Å². The molecule has 0 spiro atoms. The van der Waals surface area contributed by atoms with E-state index in [9.17, 15) is 0 Å². The van der Waals surface area contributed by atoms with Crippen LogP contribution in [0.3, 0.4) is 0 Å². The van der Waals surface area contributed by atoms with Crippen LogP contribution in [0.4, 0.5) is 0 Å². The molecule has 2 aliphatic rings. The minimum atomic E-state index is -0.106. The Kier molecular flexibility index (Phi) is 6.05. The lowest BCUT2D eigenvalue weighted by Crippen LogP contribution is -2.15. The number of hydrogen-bond acceptors (Lipinski definition) is 6. The third kappa shape index (κ3) is 4.57. The molecule has 5 aromatic carbocycles. The van der Waals surface area contributed by atoms with Crippen molar-refractivity contribution in [3.63, 3.8) is 0 Å². The summed E-state index contributed by atoms with van der Waals surface area (Å²) in [5, 5.41) is 0. The third-order valence-corrected chi connectivity index (χ3v) is 9.07. The maximum Gasteiger partial charge on any atom is 0.182 e. The normalized spacial score (nSPS) is 13.4. The van der Waals surface area contributed by atoms with Crippen LogP contribution < -0.4 is 9.47 Å². The number of benzene rings is 5. The molecule has 1 aliphatic heterocycles. The highest BCUT2D eigenvalue weighted by atomic mass is 16.6. The molecular weight excluding hydrogens is 580 g/mol. The van der Waals surface area contributed by atoms with Gasteiger partial charge in [-0.25, -0.2) is 15.0 Å². The summed E-state index contributed by atoms with van der Waals surface area (Å²) in [5.74, 6) is 4.58. The first-order valence-electron chi connectivity index (χ1n) is 15.6. The van der Waals surface area contributed by atoms with E-state index in [2.05, 4.69) is 73.4 Å². The lowest BCUT2D eigenvalue weighted by atomic mass is 9.82. The molecule has 224 valence electrons. The molecule has 0 radical (unpaired) electrons. The summed E-state index contributed by atoms with van der Waals surface area (Å²) in [6.45, 7) is 4.53. The summed E-state index contributed by atoms with van der Waals surface area (Å²) in [5.41, 5.74) is 9.47. The largest absolute Gasteiger partial charge is 0.450 e. The predicted octanol–water partition coefficient (Wildman–Crippen LogP) is 10.1. The molecule has 0 saturated carbocycles. The SMILES string of the molecule is CC1(C)c2ccccc2-c2cc3c(cc21)Oc1ccc(-c2ccc(-c4nc(-c5ccccc5)nc(-c5ccccn5)n4)cc2)cc1O3. The third-order valence-electron chi connectivity index (χ3n) is 9.07. The van der Waals surface area contributed by atoms with Gasteiger partial charge in [-0.05, 0) is 69.8 Å². The number of rotatable bonds is 4. The van der Waals surface area contributed by atoms with E-state index in [0.717, 1.165) is 33.8 Å². The summed E-state index contributed by atoms with van der Waals surface area (Å²) in [7, 11) is 0. The smallest absolute Gasteiger partial charge is 0.182 e. The minimum Gasteiger partial charge on any atom is -0.450 e. The molecule has 0 unspecified atom stereocenters. The van der Waals surface area contributed by atoms with Crippen LogP contribution in [0.15, 0.2) is 134 Å². The van der Waals surface area contributed by atoms with E-state index in [0.29, 0.717) is 34.7 Å². The van der Waals surface area contributed by atoms with Crippen LogP contribution in [-0.2, 0) is 5.41 Å². The van der Waals surface area contributed by atoms with E-state index in [4.69, 9.17) is 24.4 Å². The van der Waals surface area contributed by atoms with Crippen LogP contribution in [0.2, 0.25) is 0 Å². The Morgan fingerprint density at radius 2 is 1.06 bits per heavy atom. The summed E-state index contributed by atoms with van der Waals surface area (Å²) >= 11 is 0. The Bertz CT molecular complexity index is 2260. The van der Waals surface area contributed by atoms with Crippen molar-refractivity contribution in [1.29, 1.82) is 0 Å². The van der Waals surface area contributed by atoms with E-state index in [1.165, 1.54) is 22.3 Å². The van der Waals surface area contributed by atoms with E-state index < -0.39 is 0 Å². The van der Waals surface area contributed by atoms with E-state index in [1.54, 1.807) is 6.20 Å². The highest BCUT2D eigenvalue weighted by Gasteiger charge is 2.37. The molecule has 9 rings (SSSR count). The number of fused-ring (bicyclic) bond motifs is 5. The molecule has 3 heterocycles. The van der Waals surface area contributed by atoms with Gasteiger partial charge in [-0.1, -0.05) is 105 Å². The van der Waals surface area contributed by atoms with Gasteiger partial charge in [0.25, 0.3) is 0 Å². The maximum atomic E-state index is 6.49. The zero-order valence-electron chi connectivity index (χ0n) is 25.8. The van der Waals surface area contributed by atoms with Crippen LogP contribution in [0.25, 0.3) is 56.5 Å². The molecule has 1 aliphatic carbocycles. The van der Waals surface area contributed by atoms with Crippen molar-refractivity contribution < 1.29 is 9.47 Å². The summed E-state index contributed by atoms with van der Waals surface area (Å²) < 4.78 is 12.9. The van der Waals surface area contributed by atoms with Gasteiger partial charge in [0, 0.05) is 22.7 Å². The van der Waals surface area contributed by atoms with Crippen LogP contribution >= 0.6 is 0 Å². The Labute approximate surface area is 272 Å². The van der Waals surface area contributed by atoms with Crippen molar-refractivity contribution in [3.8, 4) is 79.5 Å². The zero-order valence-corrected chi connectivity index (χ0v) is 25.8. The molecule has 2 aromatic heterocycles. The molecular formula is C41H28N4O2. The van der Waals surface area contributed by atoms with Crippen LogP contribution in [0.1, 0.15) is 25.0 Å². The molecule has 6 heteroatoms. The molecule has 0 fully saturated rings. The van der Waals surface area contributed by atoms with Gasteiger partial charge in [0.1, 0.15) is 5.69 Å². The monoisotopic (exact) mass is 608 g/mol. The van der Waals surface area contributed by atoms with Gasteiger partial charge >= 0.3 is 0 Å². The predicted molar refractivity (Wildman–Crippen MR) is 184 cm³/mol. The molecule has 0 bridgehead atoms. The molecule has 6 nitrogen and oxygen atoms in total. The van der Waals surface area contributed by atoms with Crippen molar-refractivity contribution in [2.45, 2.75) is 19.3 Å². The fourth-order valence-corrected chi connectivity index (χ4v) is 6.60. The lowest BCUT2D eigenvalue weighted by molar-refractivity contribution is 0.359. The van der Waals surface area contributed by atoms with E-state index in [1.807, 2.05) is 72.8 Å². The average molecular weight is 609 g/mol. The average Bonchev–Trinajstić information content (AvgIpc) is 3.35. The van der Waals surface area contributed by atoms with Gasteiger partial charge in [-0.2, -0.15) is 0 Å². The van der Waals surface area contributed by atoms with Gasteiger partial charge < -0.3 is 9.47 Å². The number of pyridine rings is 1. The van der Waals surface area contributed by atoms with Gasteiger partial charge in [0.2, 0.25) is 0 Å². The molecule has 47 heavy (non-hydrogen) atoms. The first-order valence-corrected chi connectivity index (χ1v) is 15.6. The summed E-state index contributed by atoms with van der Waals surface area (Å²) in [6, 6.07) is 42.8. The van der Waals surface area contributed by atoms with Gasteiger partial charge in [0.15, 0.2) is 40.5 Å². The summed E-state index contributed by atoms with van der Waals surface area (Å²) in [4.78, 5) is 18.9. The number of nitrogens with zero attached hydrogens (tertiary/aromatic N) is 4. The Balaban J connectivity index is 1.04. The topological polar surface area (TPSA) is 70.0 Å². The number of aromatic nitrogens is 4. The van der Waals surface area contributed by atoms with E-state index in [-0.39, 0.29) is 5.41 Å². The van der Waals surface area contributed by atoms with Crippen molar-refractivity contribution in [3.05, 3.63) is 145 Å². The highest BCUT2D eigenvalue weighted by molar-refractivity contribution is 5.83. The van der Waals surface area contributed by atoms with Gasteiger partial charge in [0.05, 0.1) is 0 Å². The number of hydrogen-bond donors (Lipinski definition) is 0. The van der Waals surface area contributed by atoms with Gasteiger partial charge in [-0.3, -0.25) is 4.98 Å². The first-order chi connectivity index (χ1) is 23.0. The molecule has 0 saturated heterocycles. The first kappa shape index (κ1) is 27.2. The fourth-order valence-electron chi connectivity index (χ4n) is 6.60. The highest BCUT2D eigenvalue weighted by Crippen LogP contribution is 2.55. The second-order valence-electron chi connectivity index (χ2n) is 12.3. The van der Waals surface area contributed by atoms with Crippen LogP contribution in [0.5, 0.6) is 23.0 Å². The van der Waals surface area contributed by atoms with Gasteiger partial charge in [-0.15, -0.1) is 0 Å². The second kappa shape index (κ2) is 10.5. The Morgan fingerprint density at radius 1 is 0.447 bits per heavy atom. The number of ether oxygens (including phenoxy) is 2. The second-order valence-corrected chi connectivity index (χ2v) is 12.3.